The van der Waals surface area contributed by atoms with Crippen molar-refractivity contribution < 1.29 is 4.79 Å². The molecule has 2 N–H and O–H groups in total. The Hall–Kier alpha value is -1.01. The van der Waals surface area contributed by atoms with Crippen LogP contribution in [0.1, 0.15) is 37.8 Å². The lowest BCUT2D eigenvalue weighted by molar-refractivity contribution is -0.124. The average Bonchev–Trinajstić information content (AvgIpc) is 3.11. The molecule has 3 heterocycles. The van der Waals surface area contributed by atoms with Crippen LogP contribution in [0.25, 0.3) is 0 Å². The molecule has 3 rings (SSSR count). The van der Waals surface area contributed by atoms with E-state index in [0.29, 0.717) is 18.5 Å². The molecule has 0 spiro atoms. The largest absolute Gasteiger partial charge is 0.348 e. The van der Waals surface area contributed by atoms with Crippen LogP contribution >= 0.6 is 11.8 Å². The van der Waals surface area contributed by atoms with Gasteiger partial charge in [-0.2, -0.15) is 16.9 Å². The van der Waals surface area contributed by atoms with Gasteiger partial charge in [-0.25, -0.2) is 0 Å². The Morgan fingerprint density at radius 1 is 1.55 bits per heavy atom. The third kappa shape index (κ3) is 3.01. The van der Waals surface area contributed by atoms with Crippen molar-refractivity contribution in [2.24, 2.45) is 0 Å². The van der Waals surface area contributed by atoms with Gasteiger partial charge in [0, 0.05) is 42.6 Å². The summed E-state index contributed by atoms with van der Waals surface area (Å²) >= 11 is 2.01. The highest BCUT2D eigenvalue weighted by atomic mass is 32.2. The monoisotopic (exact) mass is 294 g/mol. The van der Waals surface area contributed by atoms with Crippen molar-refractivity contribution in [1.29, 1.82) is 0 Å². The van der Waals surface area contributed by atoms with E-state index in [1.165, 1.54) is 17.9 Å². The van der Waals surface area contributed by atoms with Crippen LogP contribution in [0.4, 0.5) is 0 Å². The van der Waals surface area contributed by atoms with Crippen LogP contribution in [0.15, 0.2) is 12.4 Å². The third-order valence-corrected chi connectivity index (χ3v) is 5.28. The minimum atomic E-state index is 0.0575. The van der Waals surface area contributed by atoms with E-state index in [1.54, 1.807) is 0 Å². The molecule has 2 fully saturated rings. The number of aryl methyl sites for hydroxylation is 1. The maximum Gasteiger partial charge on any atom is 0.220 e. The summed E-state index contributed by atoms with van der Waals surface area (Å²) in [6, 6.07) is 0.969. The number of carbonyl (C=O) groups excluding carboxylic acids is 1. The Balaban J connectivity index is 1.73. The zero-order chi connectivity index (χ0) is 13.9. The fourth-order valence-electron chi connectivity index (χ4n) is 2.98. The number of piperidine rings is 1. The van der Waals surface area contributed by atoms with Crippen molar-refractivity contribution in [3.8, 4) is 0 Å². The average molecular weight is 294 g/mol. The highest BCUT2D eigenvalue weighted by Gasteiger charge is 2.32. The van der Waals surface area contributed by atoms with Crippen molar-refractivity contribution in [1.82, 2.24) is 20.4 Å². The first-order chi connectivity index (χ1) is 9.76. The normalized spacial score (nSPS) is 30.4. The molecular formula is C14H22N4OS. The Morgan fingerprint density at radius 2 is 2.45 bits per heavy atom. The lowest BCUT2D eigenvalue weighted by Crippen LogP contribution is -2.51. The maximum absolute atomic E-state index is 11.7. The molecule has 1 amide bonds. The van der Waals surface area contributed by atoms with Gasteiger partial charge in [0.15, 0.2) is 0 Å². The topological polar surface area (TPSA) is 59.0 Å². The first-order valence-electron chi connectivity index (χ1n) is 7.41. The zero-order valence-electron chi connectivity index (χ0n) is 11.8. The highest BCUT2D eigenvalue weighted by molar-refractivity contribution is 7.99. The summed E-state index contributed by atoms with van der Waals surface area (Å²) in [5.41, 5.74) is 1.11. The fraction of sp³-hybridized carbons (Fsp3) is 0.714. The van der Waals surface area contributed by atoms with Gasteiger partial charge in [-0.05, 0) is 25.5 Å². The molecular weight excluding hydrogens is 272 g/mol. The van der Waals surface area contributed by atoms with Crippen molar-refractivity contribution in [3.63, 3.8) is 0 Å². The van der Waals surface area contributed by atoms with Crippen LogP contribution < -0.4 is 10.6 Å². The number of thioether (sulfide) groups is 1. The summed E-state index contributed by atoms with van der Waals surface area (Å²) in [6.07, 6.45) is 6.70. The molecule has 5 nitrogen and oxygen atoms in total. The minimum Gasteiger partial charge on any atom is -0.348 e. The van der Waals surface area contributed by atoms with E-state index in [2.05, 4.69) is 22.7 Å². The molecule has 2 saturated heterocycles. The molecule has 0 aliphatic carbocycles. The van der Waals surface area contributed by atoms with Gasteiger partial charge < -0.3 is 10.6 Å². The van der Waals surface area contributed by atoms with E-state index >= 15 is 0 Å². The van der Waals surface area contributed by atoms with Crippen LogP contribution in [-0.2, 0) is 11.3 Å². The molecule has 0 radical (unpaired) electrons. The van der Waals surface area contributed by atoms with E-state index in [4.69, 9.17) is 0 Å². The molecule has 2 aliphatic heterocycles. The quantitative estimate of drug-likeness (QED) is 0.879. The molecule has 2 aliphatic rings. The number of nitrogens with zero attached hydrogens (tertiary/aromatic N) is 2. The highest BCUT2D eigenvalue weighted by Crippen LogP contribution is 2.26. The molecule has 20 heavy (non-hydrogen) atoms. The van der Waals surface area contributed by atoms with E-state index in [0.717, 1.165) is 18.5 Å². The Bertz CT molecular complexity index is 469. The first-order valence-corrected chi connectivity index (χ1v) is 8.57. The van der Waals surface area contributed by atoms with Crippen LogP contribution in [0.2, 0.25) is 0 Å². The van der Waals surface area contributed by atoms with Gasteiger partial charge >= 0.3 is 0 Å². The summed E-state index contributed by atoms with van der Waals surface area (Å²) in [5.74, 6) is 2.58. The van der Waals surface area contributed by atoms with Gasteiger partial charge in [-0.1, -0.05) is 0 Å². The molecule has 1 aromatic heterocycles. The smallest absolute Gasteiger partial charge is 0.220 e. The third-order valence-electron chi connectivity index (χ3n) is 4.12. The summed E-state index contributed by atoms with van der Waals surface area (Å²) in [6.45, 7) is 2.93. The van der Waals surface area contributed by atoms with E-state index < -0.39 is 0 Å². The van der Waals surface area contributed by atoms with Gasteiger partial charge in [0.25, 0.3) is 0 Å². The van der Waals surface area contributed by atoms with Crippen molar-refractivity contribution in [3.05, 3.63) is 18.0 Å². The summed E-state index contributed by atoms with van der Waals surface area (Å²) < 4.78 is 1.92. The molecule has 0 unspecified atom stereocenters. The molecule has 1 aromatic rings. The Morgan fingerprint density at radius 3 is 3.15 bits per heavy atom. The molecule has 3 atom stereocenters. The number of amides is 1. The predicted octanol–water partition coefficient (Wildman–Crippen LogP) is 1.32. The Kier molecular flexibility index (Phi) is 4.31. The maximum atomic E-state index is 11.7. The van der Waals surface area contributed by atoms with Gasteiger partial charge in [0.1, 0.15) is 0 Å². The van der Waals surface area contributed by atoms with Gasteiger partial charge in [-0.3, -0.25) is 9.48 Å². The van der Waals surface area contributed by atoms with Crippen LogP contribution in [0, 0.1) is 0 Å². The molecule has 110 valence electrons. The van der Waals surface area contributed by atoms with Crippen molar-refractivity contribution in [2.75, 3.05) is 11.5 Å². The first kappa shape index (κ1) is 13.9. The van der Waals surface area contributed by atoms with Crippen LogP contribution in [0.3, 0.4) is 0 Å². The number of carbonyl (C=O) groups is 1. The lowest BCUT2D eigenvalue weighted by Gasteiger charge is -2.34. The number of hydrogen-bond donors (Lipinski definition) is 2. The second-order valence-electron chi connectivity index (χ2n) is 5.55. The SMILES string of the molecule is CCn1cc([C@@H]2NC(=O)CC[C@H]2N[C@@H]2CCSC2)cn1. The van der Waals surface area contributed by atoms with Crippen molar-refractivity contribution >= 4 is 17.7 Å². The molecule has 0 saturated carbocycles. The van der Waals surface area contributed by atoms with Gasteiger partial charge in [0.05, 0.1) is 12.2 Å². The summed E-state index contributed by atoms with van der Waals surface area (Å²) in [7, 11) is 0. The van der Waals surface area contributed by atoms with E-state index in [-0.39, 0.29) is 11.9 Å². The predicted molar refractivity (Wildman–Crippen MR) is 80.7 cm³/mol. The van der Waals surface area contributed by atoms with Gasteiger partial charge in [-0.15, -0.1) is 0 Å². The second-order valence-corrected chi connectivity index (χ2v) is 6.70. The molecule has 0 bridgehead atoms. The van der Waals surface area contributed by atoms with E-state index in [1.807, 2.05) is 28.8 Å². The Labute approximate surface area is 123 Å². The summed E-state index contributed by atoms with van der Waals surface area (Å²) in [5, 5.41) is 11.2. The minimum absolute atomic E-state index is 0.0575. The van der Waals surface area contributed by atoms with Crippen LogP contribution in [-0.4, -0.2) is 39.3 Å². The zero-order valence-corrected chi connectivity index (χ0v) is 12.7. The number of hydrogen-bond acceptors (Lipinski definition) is 4. The van der Waals surface area contributed by atoms with Gasteiger partial charge in [0.2, 0.25) is 5.91 Å². The number of nitrogens with one attached hydrogen (secondary N) is 2. The number of rotatable bonds is 4. The molecule has 0 aromatic carbocycles. The fourth-order valence-corrected chi connectivity index (χ4v) is 4.14. The lowest BCUT2D eigenvalue weighted by atomic mass is 9.93. The second kappa shape index (κ2) is 6.18. The molecule has 6 heteroatoms. The standard InChI is InChI=1S/C14H22N4OS/c1-2-18-8-10(7-15-18)14-12(3-4-13(19)17-14)16-11-5-6-20-9-11/h7-8,11-12,14,16H,2-6,9H2,1H3,(H,17,19)/t11-,12-,14+/m1/s1. The van der Waals surface area contributed by atoms with Crippen molar-refractivity contribution in [2.45, 2.75) is 50.9 Å². The summed E-state index contributed by atoms with van der Waals surface area (Å²) in [4.78, 5) is 11.7. The van der Waals surface area contributed by atoms with Crippen LogP contribution in [0.5, 0.6) is 0 Å². The number of aromatic nitrogens is 2. The van der Waals surface area contributed by atoms with E-state index in [9.17, 15) is 4.79 Å².